The van der Waals surface area contributed by atoms with Gasteiger partial charge in [0.2, 0.25) is 0 Å². The van der Waals surface area contributed by atoms with E-state index >= 15 is 0 Å². The highest BCUT2D eigenvalue weighted by Crippen LogP contribution is 1.80. The van der Waals surface area contributed by atoms with E-state index in [2.05, 4.69) is 0 Å². The van der Waals surface area contributed by atoms with E-state index in [4.69, 9.17) is 0 Å². The summed E-state index contributed by atoms with van der Waals surface area (Å²) in [6, 6.07) is 0. The summed E-state index contributed by atoms with van der Waals surface area (Å²) in [5.41, 5.74) is 0. The van der Waals surface area contributed by atoms with E-state index in [0.29, 0.717) is 6.42 Å². The van der Waals surface area contributed by atoms with Crippen molar-refractivity contribution in [2.24, 2.45) is 0 Å². The normalized spacial score (nSPS) is 10.0. The minimum atomic E-state index is 0.197. The maximum absolute atomic E-state index is 10.3. The van der Waals surface area contributed by atoms with Gasteiger partial charge in [0.1, 0.15) is 0 Å². The van der Waals surface area contributed by atoms with Crippen LogP contribution < -0.4 is 0 Å². The second-order valence-corrected chi connectivity index (χ2v) is 1.32. The number of ketones is 1. The number of carbonyl (C=O) groups excluding carboxylic acids is 1. The van der Waals surface area contributed by atoms with E-state index in [1.54, 1.807) is 12.2 Å². The van der Waals surface area contributed by atoms with Crippen LogP contribution in [-0.4, -0.2) is 5.78 Å². The third-order valence-electron chi connectivity index (χ3n) is 0.701. The van der Waals surface area contributed by atoms with Crippen LogP contribution in [0.3, 0.4) is 0 Å². The van der Waals surface area contributed by atoms with Gasteiger partial charge in [-0.2, -0.15) is 0 Å². The molecule has 0 rings (SSSR count). The third-order valence-corrected chi connectivity index (χ3v) is 0.701. The van der Waals surface area contributed by atoms with Gasteiger partial charge in [-0.3, -0.25) is 4.79 Å². The predicted molar refractivity (Wildman–Crippen MR) is 30.1 cm³/mol. The van der Waals surface area contributed by atoms with E-state index in [-0.39, 0.29) is 5.78 Å². The molecule has 0 aliphatic carbocycles. The van der Waals surface area contributed by atoms with Crippen molar-refractivity contribution in [3.05, 3.63) is 12.2 Å². The van der Waals surface area contributed by atoms with Gasteiger partial charge in [0.25, 0.3) is 0 Å². The lowest BCUT2D eigenvalue weighted by Gasteiger charge is -1.78. The Hall–Kier alpha value is -0.590. The Balaban J connectivity index is 3.37. The highest BCUT2D eigenvalue weighted by molar-refractivity contribution is 5.89. The molecule has 0 spiro atoms. The van der Waals surface area contributed by atoms with Crippen molar-refractivity contribution >= 4 is 5.78 Å². The molecule has 1 nitrogen and oxygen atoms in total. The van der Waals surface area contributed by atoms with Crippen LogP contribution in [0.5, 0.6) is 0 Å². The molecule has 0 radical (unpaired) electrons. The fourth-order valence-electron chi connectivity index (χ4n) is 0.304. The first-order valence-electron chi connectivity index (χ1n) is 2.46. The molecule has 40 valence electrons. The van der Waals surface area contributed by atoms with Crippen molar-refractivity contribution < 1.29 is 4.79 Å². The Morgan fingerprint density at radius 3 is 2.43 bits per heavy atom. The molecule has 7 heavy (non-hydrogen) atoms. The summed E-state index contributed by atoms with van der Waals surface area (Å²) in [7, 11) is 0. The smallest absolute Gasteiger partial charge is 0.155 e. The lowest BCUT2D eigenvalue weighted by molar-refractivity contribution is -0.114. The third kappa shape index (κ3) is 3.23. The molecule has 0 saturated heterocycles. The molecule has 0 saturated carbocycles. The van der Waals surface area contributed by atoms with Crippen LogP contribution in [0.15, 0.2) is 12.2 Å². The molecule has 0 atom stereocenters. The Kier molecular flexibility index (Phi) is 3.29. The molecule has 0 aromatic carbocycles. The molecule has 0 bridgehead atoms. The molecule has 0 fully saturated rings. The van der Waals surface area contributed by atoms with E-state index in [9.17, 15) is 4.79 Å². The number of rotatable bonds is 2. The van der Waals surface area contributed by atoms with Crippen LogP contribution in [0.2, 0.25) is 0 Å². The Bertz CT molecular complexity index is 82.2. The monoisotopic (exact) mass is 98.1 g/mol. The van der Waals surface area contributed by atoms with Crippen molar-refractivity contribution in [2.75, 3.05) is 0 Å². The van der Waals surface area contributed by atoms with Gasteiger partial charge >= 0.3 is 0 Å². The molecule has 0 aliphatic heterocycles. The van der Waals surface area contributed by atoms with Gasteiger partial charge in [-0.1, -0.05) is 13.0 Å². The van der Waals surface area contributed by atoms with Crippen molar-refractivity contribution in [1.82, 2.24) is 0 Å². The molecule has 0 amide bonds. The van der Waals surface area contributed by atoms with Crippen LogP contribution in [0, 0.1) is 0 Å². The fraction of sp³-hybridized carbons (Fsp3) is 0.500. The Morgan fingerprint density at radius 2 is 2.29 bits per heavy atom. The maximum atomic E-state index is 10.3. The van der Waals surface area contributed by atoms with E-state index < -0.39 is 0 Å². The number of hydrogen-bond acceptors (Lipinski definition) is 1. The SMILES string of the molecule is C/C=C/C(=O)CC. The zero-order chi connectivity index (χ0) is 5.70. The maximum Gasteiger partial charge on any atom is 0.155 e. The molecular weight excluding hydrogens is 88.1 g/mol. The topological polar surface area (TPSA) is 17.1 Å². The van der Waals surface area contributed by atoms with Gasteiger partial charge in [0, 0.05) is 6.42 Å². The summed E-state index contributed by atoms with van der Waals surface area (Å²) in [6.07, 6.45) is 3.95. The first kappa shape index (κ1) is 6.41. The first-order chi connectivity index (χ1) is 3.31. The highest BCUT2D eigenvalue weighted by Gasteiger charge is 1.83. The summed E-state index contributed by atoms with van der Waals surface area (Å²) in [4.78, 5) is 10.3. The molecule has 1 heteroatoms. The highest BCUT2D eigenvalue weighted by atomic mass is 16.1. The average Bonchev–Trinajstić information content (AvgIpc) is 1.68. The molecule has 0 unspecified atom stereocenters. The lowest BCUT2D eigenvalue weighted by Crippen LogP contribution is -1.84. The number of hydrogen-bond donors (Lipinski definition) is 0. The second-order valence-electron chi connectivity index (χ2n) is 1.32. The van der Waals surface area contributed by atoms with Crippen molar-refractivity contribution in [3.63, 3.8) is 0 Å². The summed E-state index contributed by atoms with van der Waals surface area (Å²) >= 11 is 0. The van der Waals surface area contributed by atoms with E-state index in [1.165, 1.54) is 0 Å². The summed E-state index contributed by atoms with van der Waals surface area (Å²) in [5.74, 6) is 0.197. The lowest BCUT2D eigenvalue weighted by atomic mass is 10.3. The van der Waals surface area contributed by atoms with Gasteiger partial charge < -0.3 is 0 Å². The van der Waals surface area contributed by atoms with Crippen LogP contribution in [-0.2, 0) is 4.79 Å². The van der Waals surface area contributed by atoms with Crippen LogP contribution in [0.25, 0.3) is 0 Å². The van der Waals surface area contributed by atoms with Gasteiger partial charge in [0.15, 0.2) is 5.78 Å². The Morgan fingerprint density at radius 1 is 1.71 bits per heavy atom. The van der Waals surface area contributed by atoms with Crippen LogP contribution in [0.1, 0.15) is 20.3 Å². The molecule has 0 aromatic heterocycles. The van der Waals surface area contributed by atoms with Crippen molar-refractivity contribution in [1.29, 1.82) is 0 Å². The standard InChI is InChI=1S/C6H10O/c1-3-5-6(7)4-2/h3,5H,4H2,1-2H3/b5-3+. The molecule has 0 aromatic rings. The second kappa shape index (κ2) is 3.59. The predicted octanol–water partition coefficient (Wildman–Crippen LogP) is 1.54. The van der Waals surface area contributed by atoms with Gasteiger partial charge in [-0.05, 0) is 13.0 Å². The van der Waals surface area contributed by atoms with Crippen molar-refractivity contribution in [3.8, 4) is 0 Å². The zero-order valence-electron chi connectivity index (χ0n) is 4.77. The van der Waals surface area contributed by atoms with Crippen molar-refractivity contribution in [2.45, 2.75) is 20.3 Å². The number of allylic oxidation sites excluding steroid dienone is 2. The van der Waals surface area contributed by atoms with Gasteiger partial charge in [-0.25, -0.2) is 0 Å². The first-order valence-corrected chi connectivity index (χ1v) is 2.46. The molecule has 0 heterocycles. The quantitative estimate of drug-likeness (QED) is 0.479. The summed E-state index contributed by atoms with van der Waals surface area (Å²) in [6.45, 7) is 3.69. The largest absolute Gasteiger partial charge is 0.295 e. The van der Waals surface area contributed by atoms with Crippen LogP contribution >= 0.6 is 0 Å². The Labute approximate surface area is 44.0 Å². The summed E-state index contributed by atoms with van der Waals surface area (Å²) in [5, 5.41) is 0. The van der Waals surface area contributed by atoms with Crippen LogP contribution in [0.4, 0.5) is 0 Å². The van der Waals surface area contributed by atoms with Gasteiger partial charge in [0.05, 0.1) is 0 Å². The zero-order valence-corrected chi connectivity index (χ0v) is 4.77. The number of carbonyl (C=O) groups is 1. The minimum Gasteiger partial charge on any atom is -0.295 e. The minimum absolute atomic E-state index is 0.197. The van der Waals surface area contributed by atoms with E-state index in [1.807, 2.05) is 13.8 Å². The van der Waals surface area contributed by atoms with Gasteiger partial charge in [-0.15, -0.1) is 0 Å². The average molecular weight is 98.1 g/mol. The molecule has 0 N–H and O–H groups in total. The fourth-order valence-corrected chi connectivity index (χ4v) is 0.304. The summed E-state index contributed by atoms with van der Waals surface area (Å²) < 4.78 is 0. The molecule has 0 aliphatic rings. The molecular formula is C6H10O. The van der Waals surface area contributed by atoms with E-state index in [0.717, 1.165) is 0 Å².